The number of nitrogens with zero attached hydrogens (tertiary/aromatic N) is 9. The van der Waals surface area contributed by atoms with Crippen molar-refractivity contribution in [3.8, 4) is 5.75 Å². The number of carbonyl (C=O) groups excluding carboxylic acids is 4. The zero-order valence-electron chi connectivity index (χ0n) is 37.7. The molecule has 8 N–H and O–H groups in total. The largest absolute Gasteiger partial charge is 0.494 e. The number of amides is 4. The number of carbonyl (C=O) groups is 4. The van der Waals surface area contributed by atoms with Crippen molar-refractivity contribution in [3.05, 3.63) is 101 Å². The molecule has 20 heteroatoms. The summed E-state index contributed by atoms with van der Waals surface area (Å²) in [6.45, 7) is 12.9. The van der Waals surface area contributed by atoms with Crippen LogP contribution in [-0.4, -0.2) is 114 Å². The number of piperidine rings is 1. The third-order valence-corrected chi connectivity index (χ3v) is 10.8. The number of anilines is 2. The summed E-state index contributed by atoms with van der Waals surface area (Å²) in [6, 6.07) is 11.8. The summed E-state index contributed by atoms with van der Waals surface area (Å²) in [4.78, 5) is 62.6. The molecule has 0 aliphatic carbocycles. The summed E-state index contributed by atoms with van der Waals surface area (Å²) in [5.74, 6) is -1.30. The minimum atomic E-state index is -0.657. The van der Waals surface area contributed by atoms with E-state index in [-0.39, 0.29) is 36.1 Å². The van der Waals surface area contributed by atoms with Crippen LogP contribution < -0.4 is 32.6 Å². The molecule has 7 rings (SSSR count). The van der Waals surface area contributed by atoms with Crippen molar-refractivity contribution in [2.24, 2.45) is 17.2 Å². The number of hydrogen-bond acceptors (Lipinski definition) is 12. The zero-order chi connectivity index (χ0) is 46.8. The molecule has 4 aromatic heterocycles. The van der Waals surface area contributed by atoms with Gasteiger partial charge in [-0.25, -0.2) is 9.97 Å². The Kier molecular flexibility index (Phi) is 15.6. The average molecular weight is 891 g/mol. The van der Waals surface area contributed by atoms with Gasteiger partial charge in [-0.2, -0.15) is 10.2 Å². The maximum absolute atomic E-state index is 13.5. The van der Waals surface area contributed by atoms with Crippen molar-refractivity contribution in [1.82, 2.24) is 43.6 Å². The van der Waals surface area contributed by atoms with Gasteiger partial charge in [-0.1, -0.05) is 24.3 Å². The first kappa shape index (κ1) is 47.3. The molecule has 344 valence electrons. The van der Waals surface area contributed by atoms with Gasteiger partial charge in [0, 0.05) is 57.0 Å². The van der Waals surface area contributed by atoms with Crippen LogP contribution in [0.15, 0.2) is 66.8 Å². The Morgan fingerprint density at radius 2 is 1.26 bits per heavy atom. The van der Waals surface area contributed by atoms with Gasteiger partial charge in [-0.05, 0) is 96.1 Å². The Labute approximate surface area is 376 Å². The van der Waals surface area contributed by atoms with Crippen molar-refractivity contribution in [2.75, 3.05) is 51.1 Å². The fourth-order valence-electron chi connectivity index (χ4n) is 7.52. The molecule has 2 aromatic carbocycles. The first-order valence-electron chi connectivity index (χ1n) is 21.4. The number of rotatable bonds is 17. The molecular weight excluding hydrogens is 833 g/mol. The molecule has 4 amide bonds. The number of benzene rings is 2. The Bertz CT molecular complexity index is 2730. The molecule has 0 bridgehead atoms. The van der Waals surface area contributed by atoms with Gasteiger partial charge >= 0.3 is 0 Å². The maximum Gasteiger partial charge on any atom is 0.276 e. The van der Waals surface area contributed by atoms with Crippen molar-refractivity contribution >= 4 is 57.6 Å². The fraction of sp³-hybridized carbons (Fsp3) is 0.378. The van der Waals surface area contributed by atoms with Gasteiger partial charge in [0.2, 0.25) is 23.7 Å². The SMILES string of the molecule is CCn1nc(C)cc1C(=O)Nc1nc2cc(C(N)=O)ccc2n1C/C=C/Cn1c(NC(=O)c2cc(C)nn2CC)nc2cc(C(N)=O)cc(OC)c21.COC/C=C/CN1CCC(N)CC1. The van der Waals surface area contributed by atoms with E-state index in [0.29, 0.717) is 76.3 Å². The predicted molar refractivity (Wildman–Crippen MR) is 248 cm³/mol. The molecule has 1 fully saturated rings. The number of aryl methyl sites for hydroxylation is 4. The molecule has 65 heavy (non-hydrogen) atoms. The van der Waals surface area contributed by atoms with Gasteiger partial charge < -0.3 is 35.8 Å². The van der Waals surface area contributed by atoms with Gasteiger partial charge in [0.1, 0.15) is 22.7 Å². The Morgan fingerprint density at radius 1 is 0.723 bits per heavy atom. The van der Waals surface area contributed by atoms with Crippen LogP contribution in [0, 0.1) is 13.8 Å². The molecule has 0 unspecified atom stereocenters. The first-order chi connectivity index (χ1) is 31.2. The molecule has 0 atom stereocenters. The van der Waals surface area contributed by atoms with Crippen LogP contribution in [0.2, 0.25) is 0 Å². The quantitative estimate of drug-likeness (QED) is 0.0814. The summed E-state index contributed by atoms with van der Waals surface area (Å²) in [6.07, 6.45) is 10.2. The minimum absolute atomic E-state index is 0.195. The number of primary amides is 2. The van der Waals surface area contributed by atoms with Crippen molar-refractivity contribution in [2.45, 2.75) is 72.8 Å². The van der Waals surface area contributed by atoms with Crippen molar-refractivity contribution < 1.29 is 28.7 Å². The summed E-state index contributed by atoms with van der Waals surface area (Å²) in [5, 5.41) is 14.5. The fourth-order valence-corrected chi connectivity index (χ4v) is 7.52. The molecule has 0 saturated carbocycles. The van der Waals surface area contributed by atoms with Crippen LogP contribution in [0.4, 0.5) is 11.9 Å². The lowest BCUT2D eigenvalue weighted by Crippen LogP contribution is -2.39. The molecule has 1 saturated heterocycles. The van der Waals surface area contributed by atoms with Crippen LogP contribution in [-0.2, 0) is 30.9 Å². The lowest BCUT2D eigenvalue weighted by molar-refractivity contribution is 0.0992. The van der Waals surface area contributed by atoms with E-state index in [2.05, 4.69) is 47.9 Å². The first-order valence-corrected chi connectivity index (χ1v) is 21.4. The van der Waals surface area contributed by atoms with Crippen LogP contribution in [0.1, 0.15) is 79.8 Å². The minimum Gasteiger partial charge on any atom is -0.494 e. The van der Waals surface area contributed by atoms with Gasteiger partial charge in [-0.3, -0.25) is 44.1 Å². The number of nitrogens with one attached hydrogen (secondary N) is 2. The highest BCUT2D eigenvalue weighted by atomic mass is 16.5. The van der Waals surface area contributed by atoms with Crippen molar-refractivity contribution in [1.29, 1.82) is 0 Å². The number of ether oxygens (including phenoxy) is 2. The summed E-state index contributed by atoms with van der Waals surface area (Å²) >= 11 is 0. The monoisotopic (exact) mass is 890 g/mol. The summed E-state index contributed by atoms with van der Waals surface area (Å²) < 4.78 is 17.3. The Balaban J connectivity index is 0.000000463. The number of hydrogen-bond donors (Lipinski definition) is 5. The lowest BCUT2D eigenvalue weighted by Gasteiger charge is -2.28. The number of allylic oxidation sites excluding steroid dienone is 2. The van der Waals surface area contributed by atoms with Gasteiger partial charge in [0.15, 0.2) is 0 Å². The van der Waals surface area contributed by atoms with E-state index in [9.17, 15) is 19.2 Å². The zero-order valence-corrected chi connectivity index (χ0v) is 37.7. The predicted octanol–water partition coefficient (Wildman–Crippen LogP) is 4.02. The maximum atomic E-state index is 13.5. The molecule has 6 aromatic rings. The highest BCUT2D eigenvalue weighted by Gasteiger charge is 2.22. The second-order valence-electron chi connectivity index (χ2n) is 15.5. The highest BCUT2D eigenvalue weighted by molar-refractivity contribution is 6.05. The van der Waals surface area contributed by atoms with E-state index in [1.54, 1.807) is 62.9 Å². The number of imidazole rings is 2. The number of aromatic nitrogens is 8. The van der Waals surface area contributed by atoms with Crippen molar-refractivity contribution in [3.63, 3.8) is 0 Å². The van der Waals surface area contributed by atoms with Crippen LogP contribution in [0.3, 0.4) is 0 Å². The molecule has 20 nitrogen and oxygen atoms in total. The number of likely N-dealkylation sites (tertiary alicyclic amines) is 1. The Morgan fingerprint density at radius 3 is 1.82 bits per heavy atom. The number of fused-ring (bicyclic) bond motifs is 2. The second-order valence-corrected chi connectivity index (χ2v) is 15.5. The Hall–Kier alpha value is -7.16. The highest BCUT2D eigenvalue weighted by Crippen LogP contribution is 2.31. The summed E-state index contributed by atoms with van der Waals surface area (Å²) in [7, 11) is 3.18. The van der Waals surface area contributed by atoms with E-state index in [0.717, 1.165) is 32.5 Å². The van der Waals surface area contributed by atoms with E-state index in [1.807, 2.05) is 32.9 Å². The van der Waals surface area contributed by atoms with E-state index >= 15 is 0 Å². The standard InChI is InChI=1S/C35H38N12O5.C10H20N2O/c1-6-46-26(14-19(3)42-46)32(50)40-34-38-23-16-21(30(36)48)10-11-25(23)44(34)12-8-9-13-45-29-24(17-22(31(37)49)18-28(29)52-5)39-35(45)41-33(51)27-15-20(4)43-47(27)7-2;1-13-9-3-2-6-12-7-4-10(11)5-8-12/h8-11,14-18H,6-7,12-13H2,1-5H3,(H2,36,48)(H2,37,49)(H,38,40,50)(H,39,41,51);2-3,10H,4-9,11H2,1H3/b9-8+;3-2+. The third kappa shape index (κ3) is 11.3. The number of nitrogens with two attached hydrogens (primary N) is 3. The topological polar surface area (TPSA) is 263 Å². The molecule has 1 aliphatic rings. The van der Waals surface area contributed by atoms with E-state index < -0.39 is 23.6 Å². The molecule has 0 spiro atoms. The average Bonchev–Trinajstić information content (AvgIpc) is 4.06. The van der Waals surface area contributed by atoms with Crippen LogP contribution in [0.5, 0.6) is 5.75 Å². The molecule has 0 radical (unpaired) electrons. The van der Waals surface area contributed by atoms with Crippen LogP contribution in [0.25, 0.3) is 22.1 Å². The van der Waals surface area contributed by atoms with Gasteiger partial charge in [-0.15, -0.1) is 0 Å². The van der Waals surface area contributed by atoms with Gasteiger partial charge in [0.25, 0.3) is 11.8 Å². The smallest absolute Gasteiger partial charge is 0.276 e. The summed E-state index contributed by atoms with van der Waals surface area (Å²) in [5.41, 5.74) is 21.5. The van der Waals surface area contributed by atoms with Crippen LogP contribution >= 0.6 is 0 Å². The molecule has 1 aliphatic heterocycles. The molecular formula is C45H58N14O6. The van der Waals surface area contributed by atoms with E-state index in [4.69, 9.17) is 26.7 Å². The third-order valence-electron chi connectivity index (χ3n) is 10.8. The lowest BCUT2D eigenvalue weighted by atomic mass is 10.1. The normalized spacial score (nSPS) is 13.5. The number of methoxy groups -OCH3 is 2. The second kappa shape index (κ2) is 21.5. The van der Waals surface area contributed by atoms with E-state index in [1.165, 1.54) is 19.2 Å². The molecule has 5 heterocycles. The van der Waals surface area contributed by atoms with Gasteiger partial charge in [0.05, 0.1) is 41.7 Å².